The molecular weight excluding hydrogens is 582 g/mol. The minimum absolute atomic E-state index is 0.0161. The molecule has 0 bridgehead atoms. The van der Waals surface area contributed by atoms with E-state index in [0.717, 1.165) is 38.3 Å². The molecule has 0 radical (unpaired) electrons. The van der Waals surface area contributed by atoms with Crippen LogP contribution in [-0.4, -0.2) is 94.5 Å². The molecule has 244 valence electrons. The van der Waals surface area contributed by atoms with Gasteiger partial charge in [0.2, 0.25) is 0 Å². The van der Waals surface area contributed by atoms with E-state index in [0.29, 0.717) is 24.7 Å². The van der Waals surface area contributed by atoms with E-state index in [9.17, 15) is 18.3 Å². The molecule has 2 aliphatic rings. The number of aliphatic hydroxyl groups is 1. The standard InChI is InChI=1S/C33H49N3O7S/c1-23-19-36(24(2)22-37)33(38)30-18-27(34-44(39,40)29-14-12-28(41-5)13-15-29)11-16-31(30)43-25(3)8-6-7-17-42-32(23)21-35(4)20-26-9-10-26/h11-16,18,23-26,32,34,37H,6-10,17,19-22H2,1-5H3/t23-,24-,25-,32+/m0/s1. The van der Waals surface area contributed by atoms with Gasteiger partial charge in [-0.3, -0.25) is 9.52 Å². The first kappa shape index (κ1) is 34.0. The Kier molecular flexibility index (Phi) is 11.9. The lowest BCUT2D eigenvalue weighted by atomic mass is 10.0. The van der Waals surface area contributed by atoms with Crippen LogP contribution in [0.5, 0.6) is 11.5 Å². The Balaban J connectivity index is 1.65. The summed E-state index contributed by atoms with van der Waals surface area (Å²) in [5, 5.41) is 10.2. The van der Waals surface area contributed by atoms with Crippen LogP contribution in [0.1, 0.15) is 63.2 Å². The van der Waals surface area contributed by atoms with Crippen LogP contribution in [0.2, 0.25) is 0 Å². The van der Waals surface area contributed by atoms with Crippen molar-refractivity contribution in [2.24, 2.45) is 11.8 Å². The minimum Gasteiger partial charge on any atom is -0.497 e. The summed E-state index contributed by atoms with van der Waals surface area (Å²) >= 11 is 0. The average molecular weight is 632 g/mol. The van der Waals surface area contributed by atoms with Crippen molar-refractivity contribution < 1.29 is 32.5 Å². The van der Waals surface area contributed by atoms with Crippen molar-refractivity contribution in [3.63, 3.8) is 0 Å². The fraction of sp³-hybridized carbons (Fsp3) is 0.606. The highest BCUT2D eigenvalue weighted by molar-refractivity contribution is 7.92. The molecule has 2 N–H and O–H groups in total. The zero-order chi connectivity index (χ0) is 31.9. The number of likely N-dealkylation sites (N-methyl/N-ethyl adjacent to an activating group) is 1. The Hall–Kier alpha value is -2.86. The van der Waals surface area contributed by atoms with Crippen molar-refractivity contribution in [3.05, 3.63) is 48.0 Å². The van der Waals surface area contributed by atoms with Gasteiger partial charge >= 0.3 is 0 Å². The molecule has 11 heteroatoms. The van der Waals surface area contributed by atoms with Gasteiger partial charge in [0.15, 0.2) is 0 Å². The molecule has 1 aliphatic carbocycles. The van der Waals surface area contributed by atoms with Gasteiger partial charge in [-0.2, -0.15) is 0 Å². The SMILES string of the molecule is COc1ccc(S(=O)(=O)Nc2ccc3c(c2)C(=O)N([C@@H](C)CO)C[C@H](C)[C@@H](CN(C)CC2CC2)OCCCC[C@H](C)O3)cc1. The Morgan fingerprint density at radius 2 is 1.82 bits per heavy atom. The summed E-state index contributed by atoms with van der Waals surface area (Å²) in [7, 11) is -0.300. The molecule has 1 aliphatic heterocycles. The van der Waals surface area contributed by atoms with Gasteiger partial charge in [-0.25, -0.2) is 8.42 Å². The van der Waals surface area contributed by atoms with E-state index < -0.39 is 16.1 Å². The predicted molar refractivity (Wildman–Crippen MR) is 171 cm³/mol. The second-order valence-electron chi connectivity index (χ2n) is 12.5. The molecule has 10 nitrogen and oxygen atoms in total. The summed E-state index contributed by atoms with van der Waals surface area (Å²) in [6, 6.07) is 10.4. The molecule has 4 atom stereocenters. The first-order valence-electron chi connectivity index (χ1n) is 15.7. The second-order valence-corrected chi connectivity index (χ2v) is 14.1. The predicted octanol–water partition coefficient (Wildman–Crippen LogP) is 4.63. The van der Waals surface area contributed by atoms with Gasteiger partial charge in [0, 0.05) is 37.8 Å². The quantitative estimate of drug-likeness (QED) is 0.390. The largest absolute Gasteiger partial charge is 0.497 e. The molecule has 44 heavy (non-hydrogen) atoms. The van der Waals surface area contributed by atoms with Crippen molar-refractivity contribution in [2.75, 3.05) is 51.7 Å². The van der Waals surface area contributed by atoms with Crippen LogP contribution >= 0.6 is 0 Å². The van der Waals surface area contributed by atoms with Gasteiger partial charge in [0.05, 0.1) is 42.4 Å². The third-order valence-corrected chi connectivity index (χ3v) is 9.83. The first-order valence-corrected chi connectivity index (χ1v) is 17.2. The Morgan fingerprint density at radius 1 is 1.09 bits per heavy atom. The summed E-state index contributed by atoms with van der Waals surface area (Å²) in [4.78, 5) is 18.3. The van der Waals surface area contributed by atoms with Crippen molar-refractivity contribution >= 4 is 21.6 Å². The summed E-state index contributed by atoms with van der Waals surface area (Å²) in [6.45, 7) is 8.44. The molecule has 1 saturated carbocycles. The summed E-state index contributed by atoms with van der Waals surface area (Å²) < 4.78 is 46.9. The van der Waals surface area contributed by atoms with E-state index in [-0.39, 0.29) is 46.8 Å². The highest BCUT2D eigenvalue weighted by Gasteiger charge is 2.31. The lowest BCUT2D eigenvalue weighted by Crippen LogP contribution is -2.47. The molecule has 0 spiro atoms. The zero-order valence-electron chi connectivity index (χ0n) is 26.7. The number of nitrogens with one attached hydrogen (secondary N) is 1. The van der Waals surface area contributed by atoms with Crippen molar-refractivity contribution in [3.8, 4) is 11.5 Å². The number of aliphatic hydroxyl groups excluding tert-OH is 1. The zero-order valence-corrected chi connectivity index (χ0v) is 27.5. The highest BCUT2D eigenvalue weighted by atomic mass is 32.2. The monoisotopic (exact) mass is 631 g/mol. The smallest absolute Gasteiger partial charge is 0.261 e. The van der Waals surface area contributed by atoms with Crippen LogP contribution in [0.15, 0.2) is 47.4 Å². The Morgan fingerprint density at radius 3 is 2.48 bits per heavy atom. The van der Waals surface area contributed by atoms with Gasteiger partial charge in [0.25, 0.3) is 15.9 Å². The number of fused-ring (bicyclic) bond motifs is 1. The molecule has 0 aromatic heterocycles. The molecule has 1 heterocycles. The molecule has 0 saturated heterocycles. The van der Waals surface area contributed by atoms with Gasteiger partial charge in [-0.05, 0) is 101 Å². The molecular formula is C33H49N3O7S. The topological polar surface area (TPSA) is 118 Å². The van der Waals surface area contributed by atoms with E-state index in [4.69, 9.17) is 14.2 Å². The molecule has 2 aromatic rings. The van der Waals surface area contributed by atoms with Crippen LogP contribution in [0.25, 0.3) is 0 Å². The third kappa shape index (κ3) is 9.32. The van der Waals surface area contributed by atoms with Crippen LogP contribution in [0.4, 0.5) is 5.69 Å². The maximum absolute atomic E-state index is 14.3. The number of hydrogen-bond donors (Lipinski definition) is 2. The lowest BCUT2D eigenvalue weighted by Gasteiger charge is -2.36. The summed E-state index contributed by atoms with van der Waals surface area (Å²) in [5.74, 6) is 1.33. The number of ether oxygens (including phenoxy) is 3. The normalized spacial score (nSPS) is 22.9. The van der Waals surface area contributed by atoms with E-state index in [1.807, 2.05) is 13.8 Å². The summed E-state index contributed by atoms with van der Waals surface area (Å²) in [5.41, 5.74) is 0.470. The fourth-order valence-corrected chi connectivity index (χ4v) is 6.59. The van der Waals surface area contributed by atoms with Gasteiger partial charge in [-0.1, -0.05) is 6.92 Å². The molecule has 4 rings (SSSR count). The fourth-order valence-electron chi connectivity index (χ4n) is 5.54. The molecule has 0 unspecified atom stereocenters. The second kappa shape index (κ2) is 15.4. The van der Waals surface area contributed by atoms with Gasteiger partial charge in [0.1, 0.15) is 11.5 Å². The van der Waals surface area contributed by atoms with Crippen LogP contribution in [0.3, 0.4) is 0 Å². The van der Waals surface area contributed by atoms with E-state index in [1.54, 1.807) is 29.2 Å². The number of benzene rings is 2. The van der Waals surface area contributed by atoms with Crippen molar-refractivity contribution in [1.82, 2.24) is 9.80 Å². The molecule has 1 amide bonds. The number of anilines is 1. The third-order valence-electron chi connectivity index (χ3n) is 8.43. The Bertz CT molecular complexity index is 1330. The number of carbonyl (C=O) groups is 1. The van der Waals surface area contributed by atoms with E-state index in [2.05, 4.69) is 23.6 Å². The number of sulfonamides is 1. The molecule has 2 aromatic carbocycles. The summed E-state index contributed by atoms with van der Waals surface area (Å²) in [6.07, 6.45) is 4.89. The first-order chi connectivity index (χ1) is 21.0. The number of hydrogen-bond acceptors (Lipinski definition) is 8. The number of rotatable bonds is 10. The van der Waals surface area contributed by atoms with E-state index >= 15 is 0 Å². The number of methoxy groups -OCH3 is 1. The molecule has 1 fully saturated rings. The number of nitrogens with zero attached hydrogens (tertiary/aromatic N) is 2. The van der Waals surface area contributed by atoms with Crippen molar-refractivity contribution in [1.29, 1.82) is 0 Å². The van der Waals surface area contributed by atoms with E-state index in [1.165, 1.54) is 38.2 Å². The minimum atomic E-state index is -3.94. The average Bonchev–Trinajstić information content (AvgIpc) is 3.82. The Labute approximate surface area is 262 Å². The van der Waals surface area contributed by atoms with Gasteiger partial charge in [-0.15, -0.1) is 0 Å². The highest BCUT2D eigenvalue weighted by Crippen LogP contribution is 2.31. The van der Waals surface area contributed by atoms with Crippen LogP contribution in [-0.2, 0) is 14.8 Å². The van der Waals surface area contributed by atoms with Crippen LogP contribution < -0.4 is 14.2 Å². The van der Waals surface area contributed by atoms with Crippen LogP contribution in [0, 0.1) is 11.8 Å². The number of amides is 1. The number of carbonyl (C=O) groups excluding carboxylic acids is 1. The van der Waals surface area contributed by atoms with Crippen molar-refractivity contribution in [2.45, 2.75) is 76.0 Å². The maximum Gasteiger partial charge on any atom is 0.261 e. The lowest BCUT2D eigenvalue weighted by molar-refractivity contribution is -0.0172. The van der Waals surface area contributed by atoms with Gasteiger partial charge < -0.3 is 29.1 Å². The maximum atomic E-state index is 14.3.